The maximum absolute atomic E-state index is 12.0. The third-order valence-electron chi connectivity index (χ3n) is 3.56. The van der Waals surface area contributed by atoms with E-state index in [-0.39, 0.29) is 5.91 Å². The Hall–Kier alpha value is -1.39. The number of benzene rings is 1. The fraction of sp³-hybridized carbons (Fsp3) is 0.533. The molecule has 2 rings (SSSR count). The Labute approximate surface area is 115 Å². The van der Waals surface area contributed by atoms with Crippen LogP contribution in [-0.4, -0.2) is 48.4 Å². The van der Waals surface area contributed by atoms with Gasteiger partial charge < -0.3 is 10.6 Å². The third-order valence-corrected chi connectivity index (χ3v) is 3.56. The second-order valence-corrected chi connectivity index (χ2v) is 5.03. The first-order valence-corrected chi connectivity index (χ1v) is 7.03. The zero-order chi connectivity index (χ0) is 13.5. The number of nitrogens with two attached hydrogens (primary N) is 1. The predicted molar refractivity (Wildman–Crippen MR) is 76.6 cm³/mol. The van der Waals surface area contributed by atoms with E-state index in [4.69, 9.17) is 5.73 Å². The lowest BCUT2D eigenvalue weighted by molar-refractivity contribution is -0.130. The second-order valence-electron chi connectivity index (χ2n) is 5.03. The van der Waals surface area contributed by atoms with Crippen LogP contribution in [0.1, 0.15) is 18.4 Å². The van der Waals surface area contributed by atoms with Crippen molar-refractivity contribution in [2.75, 3.05) is 32.7 Å². The highest BCUT2D eigenvalue weighted by molar-refractivity contribution is 5.76. The minimum atomic E-state index is 0.268. The predicted octanol–water partition coefficient (Wildman–Crippen LogP) is 1.07. The Balaban J connectivity index is 1.87. The van der Waals surface area contributed by atoms with Gasteiger partial charge in [0, 0.05) is 39.1 Å². The average Bonchev–Trinajstić information content (AvgIpc) is 2.61. The first-order chi connectivity index (χ1) is 9.29. The molecule has 2 N–H and O–H groups in total. The zero-order valence-corrected chi connectivity index (χ0v) is 11.4. The molecule has 0 saturated carbocycles. The molecule has 1 aromatic rings. The number of hydrogen-bond acceptors (Lipinski definition) is 3. The molecule has 4 heteroatoms. The molecule has 1 fully saturated rings. The highest BCUT2D eigenvalue weighted by atomic mass is 16.2. The van der Waals surface area contributed by atoms with Gasteiger partial charge in [-0.05, 0) is 18.5 Å². The van der Waals surface area contributed by atoms with Crippen LogP contribution in [0, 0.1) is 0 Å². The number of rotatable bonds is 5. The van der Waals surface area contributed by atoms with Crippen LogP contribution in [0.4, 0.5) is 0 Å². The number of hydrogen-bond donors (Lipinski definition) is 1. The first-order valence-electron chi connectivity index (χ1n) is 7.03. The topological polar surface area (TPSA) is 49.6 Å². The summed E-state index contributed by atoms with van der Waals surface area (Å²) in [7, 11) is 0. The van der Waals surface area contributed by atoms with Gasteiger partial charge in [-0.15, -0.1) is 0 Å². The molecule has 1 saturated heterocycles. The SMILES string of the molecule is NCCCN1CCN(Cc2ccccc2)CCC1=O. The maximum Gasteiger partial charge on any atom is 0.223 e. The van der Waals surface area contributed by atoms with Crippen molar-refractivity contribution in [2.24, 2.45) is 5.73 Å². The van der Waals surface area contributed by atoms with E-state index >= 15 is 0 Å². The monoisotopic (exact) mass is 261 g/mol. The van der Waals surface area contributed by atoms with E-state index < -0.39 is 0 Å². The van der Waals surface area contributed by atoms with E-state index in [1.54, 1.807) is 0 Å². The fourth-order valence-electron chi connectivity index (χ4n) is 2.43. The first kappa shape index (κ1) is 14.0. The molecule has 19 heavy (non-hydrogen) atoms. The van der Waals surface area contributed by atoms with E-state index in [9.17, 15) is 4.79 Å². The quantitative estimate of drug-likeness (QED) is 0.862. The Morgan fingerprint density at radius 1 is 1.11 bits per heavy atom. The summed E-state index contributed by atoms with van der Waals surface area (Å²) in [5, 5.41) is 0. The van der Waals surface area contributed by atoms with E-state index in [0.717, 1.165) is 39.1 Å². The van der Waals surface area contributed by atoms with Gasteiger partial charge in [0.25, 0.3) is 0 Å². The van der Waals surface area contributed by atoms with Crippen molar-refractivity contribution < 1.29 is 4.79 Å². The molecule has 1 aliphatic rings. The maximum atomic E-state index is 12.0. The summed E-state index contributed by atoms with van der Waals surface area (Å²) in [5.41, 5.74) is 6.82. The van der Waals surface area contributed by atoms with Crippen LogP contribution < -0.4 is 5.73 Å². The van der Waals surface area contributed by atoms with Crippen LogP contribution in [0.25, 0.3) is 0 Å². The summed E-state index contributed by atoms with van der Waals surface area (Å²) in [6.07, 6.45) is 1.52. The lowest BCUT2D eigenvalue weighted by Gasteiger charge is -2.22. The molecule has 0 aliphatic carbocycles. The fourth-order valence-corrected chi connectivity index (χ4v) is 2.43. The van der Waals surface area contributed by atoms with Crippen molar-refractivity contribution in [1.82, 2.24) is 9.80 Å². The molecule has 0 unspecified atom stereocenters. The van der Waals surface area contributed by atoms with E-state index in [0.29, 0.717) is 13.0 Å². The van der Waals surface area contributed by atoms with Crippen molar-refractivity contribution in [3.05, 3.63) is 35.9 Å². The molecule has 1 aliphatic heterocycles. The number of amides is 1. The van der Waals surface area contributed by atoms with Crippen LogP contribution in [0.2, 0.25) is 0 Å². The summed E-state index contributed by atoms with van der Waals surface area (Å²) < 4.78 is 0. The Kier molecular flexibility index (Phi) is 5.36. The molecule has 0 aromatic heterocycles. The lowest BCUT2D eigenvalue weighted by Crippen LogP contribution is -2.34. The highest BCUT2D eigenvalue weighted by Gasteiger charge is 2.20. The van der Waals surface area contributed by atoms with Crippen molar-refractivity contribution in [3.8, 4) is 0 Å². The summed E-state index contributed by atoms with van der Waals surface area (Å²) in [5.74, 6) is 0.268. The average molecular weight is 261 g/mol. The Morgan fingerprint density at radius 2 is 1.89 bits per heavy atom. The molecule has 0 radical (unpaired) electrons. The van der Waals surface area contributed by atoms with Crippen LogP contribution in [0.5, 0.6) is 0 Å². The number of carbonyl (C=O) groups excluding carboxylic acids is 1. The normalized spacial score (nSPS) is 17.5. The Morgan fingerprint density at radius 3 is 2.63 bits per heavy atom. The van der Waals surface area contributed by atoms with Gasteiger partial charge in [-0.2, -0.15) is 0 Å². The van der Waals surface area contributed by atoms with Crippen molar-refractivity contribution in [2.45, 2.75) is 19.4 Å². The molecule has 0 atom stereocenters. The zero-order valence-electron chi connectivity index (χ0n) is 11.4. The van der Waals surface area contributed by atoms with Gasteiger partial charge >= 0.3 is 0 Å². The summed E-state index contributed by atoms with van der Waals surface area (Å²) >= 11 is 0. The van der Waals surface area contributed by atoms with Crippen molar-refractivity contribution in [1.29, 1.82) is 0 Å². The summed E-state index contributed by atoms with van der Waals surface area (Å²) in [6, 6.07) is 10.4. The van der Waals surface area contributed by atoms with Gasteiger partial charge in [0.2, 0.25) is 5.91 Å². The largest absolute Gasteiger partial charge is 0.341 e. The molecular formula is C15H23N3O. The molecule has 1 heterocycles. The van der Waals surface area contributed by atoms with Crippen molar-refractivity contribution >= 4 is 5.91 Å². The van der Waals surface area contributed by atoms with Gasteiger partial charge in [-0.3, -0.25) is 9.69 Å². The van der Waals surface area contributed by atoms with Crippen LogP contribution in [0.3, 0.4) is 0 Å². The molecule has 0 spiro atoms. The van der Waals surface area contributed by atoms with E-state index in [1.165, 1.54) is 5.56 Å². The second kappa shape index (κ2) is 7.26. The smallest absolute Gasteiger partial charge is 0.223 e. The molecule has 1 amide bonds. The van der Waals surface area contributed by atoms with E-state index in [2.05, 4.69) is 29.2 Å². The van der Waals surface area contributed by atoms with Gasteiger partial charge in [0.05, 0.1) is 0 Å². The highest BCUT2D eigenvalue weighted by Crippen LogP contribution is 2.10. The van der Waals surface area contributed by atoms with Gasteiger partial charge in [-0.1, -0.05) is 30.3 Å². The van der Waals surface area contributed by atoms with E-state index in [1.807, 2.05) is 11.0 Å². The van der Waals surface area contributed by atoms with Gasteiger partial charge in [0.1, 0.15) is 0 Å². The molecule has 1 aromatic carbocycles. The Bertz CT molecular complexity index is 394. The van der Waals surface area contributed by atoms with Crippen LogP contribution >= 0.6 is 0 Å². The van der Waals surface area contributed by atoms with Crippen molar-refractivity contribution in [3.63, 3.8) is 0 Å². The molecular weight excluding hydrogens is 238 g/mol. The minimum absolute atomic E-state index is 0.268. The number of carbonyl (C=O) groups is 1. The summed E-state index contributed by atoms with van der Waals surface area (Å²) in [4.78, 5) is 16.3. The number of nitrogens with zero attached hydrogens (tertiary/aromatic N) is 2. The summed E-state index contributed by atoms with van der Waals surface area (Å²) in [6.45, 7) is 5.01. The minimum Gasteiger partial charge on any atom is -0.341 e. The van der Waals surface area contributed by atoms with Crippen LogP contribution in [-0.2, 0) is 11.3 Å². The van der Waals surface area contributed by atoms with Crippen LogP contribution in [0.15, 0.2) is 30.3 Å². The molecule has 4 nitrogen and oxygen atoms in total. The van der Waals surface area contributed by atoms with Gasteiger partial charge in [0.15, 0.2) is 0 Å². The van der Waals surface area contributed by atoms with Gasteiger partial charge in [-0.25, -0.2) is 0 Å². The third kappa shape index (κ3) is 4.33. The molecule has 0 bridgehead atoms. The lowest BCUT2D eigenvalue weighted by atomic mass is 10.2. The molecule has 104 valence electrons. The standard InChI is InChI=1S/C15H23N3O/c16-8-4-9-18-12-11-17(10-7-15(18)19)13-14-5-2-1-3-6-14/h1-3,5-6H,4,7-13,16H2.